The summed E-state index contributed by atoms with van der Waals surface area (Å²) in [7, 11) is 3.92. The summed E-state index contributed by atoms with van der Waals surface area (Å²) in [4.78, 5) is 1.31. The molecule has 9 heavy (non-hydrogen) atoms. The van der Waals surface area contributed by atoms with Crippen molar-refractivity contribution in [2.24, 2.45) is 5.92 Å². The van der Waals surface area contributed by atoms with Gasteiger partial charge in [0.2, 0.25) is 0 Å². The molecule has 0 radical (unpaired) electrons. The van der Waals surface area contributed by atoms with Gasteiger partial charge in [-0.2, -0.15) is 7.05 Å². The van der Waals surface area contributed by atoms with Crippen LogP contribution in [0, 0.1) is 13.0 Å². The van der Waals surface area contributed by atoms with Crippen LogP contribution in [0.15, 0.2) is 0 Å². The van der Waals surface area contributed by atoms with Crippen LogP contribution < -0.4 is 4.90 Å². The molecule has 54 valence electrons. The highest BCUT2D eigenvalue weighted by Crippen LogP contribution is 2.08. The summed E-state index contributed by atoms with van der Waals surface area (Å²) < 4.78 is 0. The topological polar surface area (TPSA) is 24.7 Å². The Morgan fingerprint density at radius 3 is 2.67 bits per heavy atom. The van der Waals surface area contributed by atoms with Gasteiger partial charge in [0.05, 0.1) is 19.2 Å². The summed E-state index contributed by atoms with van der Waals surface area (Å²) in [5.41, 5.74) is 0. The third-order valence-corrected chi connectivity index (χ3v) is 2.42. The second kappa shape index (κ2) is 2.67. The predicted molar refractivity (Wildman–Crippen MR) is 35.8 cm³/mol. The van der Waals surface area contributed by atoms with Crippen molar-refractivity contribution in [3.63, 3.8) is 0 Å². The number of hydrogen-bond acceptors (Lipinski definition) is 1. The van der Waals surface area contributed by atoms with Gasteiger partial charge in [0.25, 0.3) is 0 Å². The number of aliphatic hydroxyl groups excluding tert-OH is 1. The molecule has 0 bridgehead atoms. The average Bonchev–Trinajstić information content (AvgIpc) is 2.15. The number of aliphatic hydroxyl groups is 1. The Morgan fingerprint density at radius 2 is 2.44 bits per heavy atom. The highest BCUT2D eigenvalue weighted by molar-refractivity contribution is 4.68. The first-order valence-electron chi connectivity index (χ1n) is 3.54. The largest absolute Gasteiger partial charge is 0.465 e. The summed E-state index contributed by atoms with van der Waals surface area (Å²) in [5.74, 6) is 0.498. The Hall–Kier alpha value is -0.0800. The fraction of sp³-hybridized carbons (Fsp3) is 0.857. The Morgan fingerprint density at radius 1 is 1.78 bits per heavy atom. The maximum atomic E-state index is 8.81. The van der Waals surface area contributed by atoms with Gasteiger partial charge in [0, 0.05) is 12.3 Å². The molecule has 0 aromatic heterocycles. The maximum Gasteiger partial charge on any atom is 0.0659 e. The van der Waals surface area contributed by atoms with Gasteiger partial charge in [0.15, 0.2) is 0 Å². The van der Waals surface area contributed by atoms with Crippen LogP contribution >= 0.6 is 0 Å². The van der Waals surface area contributed by atoms with Gasteiger partial charge < -0.3 is 10.0 Å². The fourth-order valence-electron chi connectivity index (χ4n) is 1.43. The smallest absolute Gasteiger partial charge is 0.0659 e. The lowest BCUT2D eigenvalue weighted by molar-refractivity contribution is -0.866. The standard InChI is InChI=1S/C7H15NO/c1-6-7(5-9)3-4-8(6)2/h6-9H,2-5H2,1H3/t6-,7+/m0/s1. The van der Waals surface area contributed by atoms with Gasteiger partial charge in [-0.1, -0.05) is 0 Å². The van der Waals surface area contributed by atoms with Gasteiger partial charge in [0.1, 0.15) is 0 Å². The Kier molecular flexibility index (Phi) is 2.09. The van der Waals surface area contributed by atoms with E-state index in [0.29, 0.717) is 18.6 Å². The highest BCUT2D eigenvalue weighted by atomic mass is 16.3. The van der Waals surface area contributed by atoms with E-state index in [2.05, 4.69) is 14.0 Å². The van der Waals surface area contributed by atoms with Crippen molar-refractivity contribution in [3.05, 3.63) is 7.05 Å². The van der Waals surface area contributed by atoms with E-state index in [0.717, 1.165) is 13.0 Å². The quantitative estimate of drug-likeness (QED) is 0.439. The number of hydrogen-bond donors (Lipinski definition) is 2. The Balaban J connectivity index is 2.41. The van der Waals surface area contributed by atoms with Crippen LogP contribution in [-0.4, -0.2) is 24.3 Å². The Labute approximate surface area is 56.5 Å². The SMILES string of the molecule is [CH2-][NH+]1CC[C@H](CO)[C@@H]1C. The third kappa shape index (κ3) is 1.25. The molecular weight excluding hydrogens is 114 g/mol. The van der Waals surface area contributed by atoms with E-state index in [9.17, 15) is 0 Å². The van der Waals surface area contributed by atoms with Gasteiger partial charge in [-0.25, -0.2) is 0 Å². The number of quaternary nitrogens is 1. The van der Waals surface area contributed by atoms with Gasteiger partial charge in [-0.15, -0.1) is 0 Å². The molecule has 1 heterocycles. The van der Waals surface area contributed by atoms with E-state index >= 15 is 0 Å². The molecule has 0 saturated carbocycles. The molecular formula is C7H15NO. The predicted octanol–water partition coefficient (Wildman–Crippen LogP) is -0.936. The summed E-state index contributed by atoms with van der Waals surface area (Å²) in [6.45, 7) is 3.60. The van der Waals surface area contributed by atoms with Crippen LogP contribution in [0.5, 0.6) is 0 Å². The molecule has 1 aliphatic rings. The first kappa shape index (κ1) is 7.03. The van der Waals surface area contributed by atoms with Crippen LogP contribution in [0.25, 0.3) is 0 Å². The average molecular weight is 129 g/mol. The van der Waals surface area contributed by atoms with Crippen LogP contribution in [0.3, 0.4) is 0 Å². The molecule has 0 aliphatic carbocycles. The van der Waals surface area contributed by atoms with Crippen molar-refractivity contribution in [3.8, 4) is 0 Å². The molecule has 1 saturated heterocycles. The molecule has 1 unspecified atom stereocenters. The van der Waals surface area contributed by atoms with Crippen molar-refractivity contribution in [2.75, 3.05) is 13.2 Å². The molecule has 0 aromatic rings. The molecule has 1 rings (SSSR count). The van der Waals surface area contributed by atoms with E-state index < -0.39 is 0 Å². The number of rotatable bonds is 1. The fourth-order valence-corrected chi connectivity index (χ4v) is 1.43. The molecule has 1 fully saturated rings. The zero-order chi connectivity index (χ0) is 6.85. The lowest BCUT2D eigenvalue weighted by atomic mass is 10.0. The highest BCUT2D eigenvalue weighted by Gasteiger charge is 2.27. The van der Waals surface area contributed by atoms with Gasteiger partial charge in [-0.05, 0) is 6.92 Å². The lowest BCUT2D eigenvalue weighted by Crippen LogP contribution is -3.08. The van der Waals surface area contributed by atoms with Crippen LogP contribution in [0.4, 0.5) is 0 Å². The van der Waals surface area contributed by atoms with Crippen molar-refractivity contribution in [1.82, 2.24) is 0 Å². The molecule has 2 nitrogen and oxygen atoms in total. The van der Waals surface area contributed by atoms with Crippen LogP contribution in [0.1, 0.15) is 13.3 Å². The van der Waals surface area contributed by atoms with E-state index in [1.54, 1.807) is 0 Å². The molecule has 0 aromatic carbocycles. The minimum Gasteiger partial charge on any atom is -0.465 e. The van der Waals surface area contributed by atoms with Crippen molar-refractivity contribution < 1.29 is 10.0 Å². The molecule has 0 spiro atoms. The first-order chi connectivity index (χ1) is 4.25. The minimum absolute atomic E-state index is 0.334. The Bertz CT molecular complexity index is 94.9. The lowest BCUT2D eigenvalue weighted by Gasteiger charge is -2.21. The van der Waals surface area contributed by atoms with Crippen LogP contribution in [0.2, 0.25) is 0 Å². The van der Waals surface area contributed by atoms with Crippen molar-refractivity contribution >= 4 is 0 Å². The number of likely N-dealkylation sites (tertiary alicyclic amines) is 1. The zero-order valence-electron chi connectivity index (χ0n) is 5.93. The van der Waals surface area contributed by atoms with E-state index in [-0.39, 0.29) is 0 Å². The second-order valence-corrected chi connectivity index (χ2v) is 2.93. The molecule has 3 atom stereocenters. The molecule has 0 amide bonds. The van der Waals surface area contributed by atoms with Crippen molar-refractivity contribution in [2.45, 2.75) is 19.4 Å². The first-order valence-corrected chi connectivity index (χ1v) is 3.54. The summed E-state index contributed by atoms with van der Waals surface area (Å²) >= 11 is 0. The summed E-state index contributed by atoms with van der Waals surface area (Å²) in [5, 5.41) is 8.81. The maximum absolute atomic E-state index is 8.81. The summed E-state index contributed by atoms with van der Waals surface area (Å²) in [6, 6.07) is 0.551. The van der Waals surface area contributed by atoms with Crippen LogP contribution in [-0.2, 0) is 0 Å². The number of nitrogens with one attached hydrogen (secondary N) is 1. The van der Waals surface area contributed by atoms with Gasteiger partial charge >= 0.3 is 0 Å². The second-order valence-electron chi connectivity index (χ2n) is 2.93. The normalized spacial score (nSPS) is 43.7. The van der Waals surface area contributed by atoms with E-state index in [1.165, 1.54) is 4.90 Å². The zero-order valence-corrected chi connectivity index (χ0v) is 5.93. The third-order valence-electron chi connectivity index (χ3n) is 2.42. The molecule has 2 heteroatoms. The molecule has 2 N–H and O–H groups in total. The van der Waals surface area contributed by atoms with Crippen molar-refractivity contribution in [1.29, 1.82) is 0 Å². The minimum atomic E-state index is 0.334. The monoisotopic (exact) mass is 129 g/mol. The molecule has 1 aliphatic heterocycles. The summed E-state index contributed by atoms with van der Waals surface area (Å²) in [6.07, 6.45) is 1.14. The van der Waals surface area contributed by atoms with E-state index in [1.807, 2.05) is 0 Å². The van der Waals surface area contributed by atoms with E-state index in [4.69, 9.17) is 5.11 Å². The van der Waals surface area contributed by atoms with Gasteiger partial charge in [-0.3, -0.25) is 0 Å².